The standard InChI is InChI=1S/C19H20BrFN2O2/c20-16-5-1-15(2-6-16)19(24)22-13-18(23-9-11-25-12-10-23)14-3-7-17(21)8-4-14/h1-8,18H,9-13H2,(H,22,24)/t18-/m0/s1. The summed E-state index contributed by atoms with van der Waals surface area (Å²) in [5.41, 5.74) is 1.60. The van der Waals surface area contributed by atoms with E-state index < -0.39 is 0 Å². The van der Waals surface area contributed by atoms with Crippen LogP contribution in [0.1, 0.15) is 22.0 Å². The summed E-state index contributed by atoms with van der Waals surface area (Å²) in [5, 5.41) is 3.00. The fraction of sp³-hybridized carbons (Fsp3) is 0.316. The number of halogens is 2. The van der Waals surface area contributed by atoms with E-state index in [1.165, 1.54) is 12.1 Å². The summed E-state index contributed by atoms with van der Waals surface area (Å²) in [6, 6.07) is 13.7. The molecule has 0 unspecified atom stereocenters. The molecule has 0 saturated carbocycles. The number of morpholine rings is 1. The Morgan fingerprint density at radius 3 is 2.40 bits per heavy atom. The van der Waals surface area contributed by atoms with E-state index in [1.807, 2.05) is 12.1 Å². The van der Waals surface area contributed by atoms with E-state index >= 15 is 0 Å². The van der Waals surface area contributed by atoms with Gasteiger partial charge in [-0.25, -0.2) is 4.39 Å². The molecule has 2 aromatic carbocycles. The minimum Gasteiger partial charge on any atom is -0.379 e. The highest BCUT2D eigenvalue weighted by Crippen LogP contribution is 2.22. The highest BCUT2D eigenvalue weighted by Gasteiger charge is 2.23. The van der Waals surface area contributed by atoms with Gasteiger partial charge in [-0.1, -0.05) is 28.1 Å². The van der Waals surface area contributed by atoms with Crippen LogP contribution in [0, 0.1) is 5.82 Å². The lowest BCUT2D eigenvalue weighted by Gasteiger charge is -2.35. The zero-order valence-corrected chi connectivity index (χ0v) is 15.3. The van der Waals surface area contributed by atoms with Crippen LogP contribution >= 0.6 is 15.9 Å². The average Bonchev–Trinajstić information content (AvgIpc) is 2.64. The van der Waals surface area contributed by atoms with Gasteiger partial charge in [-0.2, -0.15) is 0 Å². The topological polar surface area (TPSA) is 41.6 Å². The Kier molecular flexibility index (Phi) is 6.18. The summed E-state index contributed by atoms with van der Waals surface area (Å²) in [6.07, 6.45) is 0. The first-order chi connectivity index (χ1) is 12.1. The molecule has 1 fully saturated rings. The predicted molar refractivity (Wildman–Crippen MR) is 98.0 cm³/mol. The third-order valence-corrected chi connectivity index (χ3v) is 4.83. The minimum atomic E-state index is -0.261. The third kappa shape index (κ3) is 4.87. The molecule has 0 radical (unpaired) electrons. The van der Waals surface area contributed by atoms with Crippen LogP contribution in [-0.4, -0.2) is 43.7 Å². The molecule has 0 bridgehead atoms. The quantitative estimate of drug-likeness (QED) is 0.827. The number of rotatable bonds is 5. The molecule has 0 aliphatic carbocycles. The second-order valence-corrected chi connectivity index (χ2v) is 6.85. The Balaban J connectivity index is 1.71. The normalized spacial score (nSPS) is 16.4. The van der Waals surface area contributed by atoms with Gasteiger partial charge in [0.05, 0.1) is 19.3 Å². The molecule has 6 heteroatoms. The maximum absolute atomic E-state index is 13.3. The van der Waals surface area contributed by atoms with Crippen LogP contribution < -0.4 is 5.32 Å². The van der Waals surface area contributed by atoms with E-state index in [4.69, 9.17) is 4.74 Å². The van der Waals surface area contributed by atoms with Gasteiger partial charge in [-0.3, -0.25) is 9.69 Å². The highest BCUT2D eigenvalue weighted by molar-refractivity contribution is 9.10. The summed E-state index contributed by atoms with van der Waals surface area (Å²) >= 11 is 3.36. The number of nitrogens with one attached hydrogen (secondary N) is 1. The monoisotopic (exact) mass is 406 g/mol. The average molecular weight is 407 g/mol. The molecule has 132 valence electrons. The third-order valence-electron chi connectivity index (χ3n) is 4.30. The Labute approximate surface area is 155 Å². The zero-order valence-electron chi connectivity index (χ0n) is 13.8. The van der Waals surface area contributed by atoms with Gasteiger partial charge in [-0.15, -0.1) is 0 Å². The largest absolute Gasteiger partial charge is 0.379 e. The first-order valence-corrected chi connectivity index (χ1v) is 9.04. The molecule has 2 aromatic rings. The Hall–Kier alpha value is -1.76. The summed E-state index contributed by atoms with van der Waals surface area (Å²) < 4.78 is 19.6. The van der Waals surface area contributed by atoms with Crippen LogP contribution in [0.25, 0.3) is 0 Å². The van der Waals surface area contributed by atoms with Crippen molar-refractivity contribution in [2.75, 3.05) is 32.8 Å². The van der Waals surface area contributed by atoms with Crippen molar-refractivity contribution >= 4 is 21.8 Å². The van der Waals surface area contributed by atoms with E-state index in [0.29, 0.717) is 25.3 Å². The predicted octanol–water partition coefficient (Wildman–Crippen LogP) is 3.39. The maximum atomic E-state index is 13.3. The van der Waals surface area contributed by atoms with Gasteiger partial charge in [0.2, 0.25) is 0 Å². The summed E-state index contributed by atoms with van der Waals surface area (Å²) in [4.78, 5) is 14.7. The number of benzene rings is 2. The van der Waals surface area contributed by atoms with Gasteiger partial charge in [0.15, 0.2) is 0 Å². The van der Waals surface area contributed by atoms with Crippen molar-refractivity contribution in [2.24, 2.45) is 0 Å². The number of carbonyl (C=O) groups excluding carboxylic acids is 1. The second kappa shape index (κ2) is 8.56. The van der Waals surface area contributed by atoms with E-state index in [2.05, 4.69) is 26.1 Å². The summed E-state index contributed by atoms with van der Waals surface area (Å²) in [5.74, 6) is -0.378. The first kappa shape index (κ1) is 18.0. The van der Waals surface area contributed by atoms with E-state index in [-0.39, 0.29) is 17.8 Å². The lowest BCUT2D eigenvalue weighted by Crippen LogP contribution is -2.43. The molecule has 1 aliphatic rings. The molecule has 1 N–H and O–H groups in total. The van der Waals surface area contributed by atoms with E-state index in [0.717, 1.165) is 23.1 Å². The van der Waals surface area contributed by atoms with Crippen LogP contribution in [0.2, 0.25) is 0 Å². The number of hydrogen-bond donors (Lipinski definition) is 1. The molecule has 0 spiro atoms. The van der Waals surface area contributed by atoms with Gasteiger partial charge in [-0.05, 0) is 42.0 Å². The molecule has 1 heterocycles. The Bertz CT molecular complexity index is 700. The number of amides is 1. The molecule has 3 rings (SSSR count). The second-order valence-electron chi connectivity index (χ2n) is 5.93. The first-order valence-electron chi connectivity index (χ1n) is 8.24. The van der Waals surface area contributed by atoms with Crippen molar-refractivity contribution in [2.45, 2.75) is 6.04 Å². The SMILES string of the molecule is O=C(NC[C@@H](c1ccc(F)cc1)N1CCOCC1)c1ccc(Br)cc1. The molecule has 1 aliphatic heterocycles. The Morgan fingerprint density at radius 2 is 1.76 bits per heavy atom. The molecule has 1 saturated heterocycles. The van der Waals surface area contributed by atoms with Crippen molar-refractivity contribution in [3.05, 3.63) is 69.9 Å². The van der Waals surface area contributed by atoms with Crippen molar-refractivity contribution in [3.63, 3.8) is 0 Å². The zero-order chi connectivity index (χ0) is 17.6. The number of hydrogen-bond acceptors (Lipinski definition) is 3. The van der Waals surface area contributed by atoms with Crippen LogP contribution in [0.5, 0.6) is 0 Å². The molecular formula is C19H20BrFN2O2. The van der Waals surface area contributed by atoms with Crippen LogP contribution in [0.4, 0.5) is 4.39 Å². The summed E-state index contributed by atoms with van der Waals surface area (Å²) in [7, 11) is 0. The van der Waals surface area contributed by atoms with Crippen molar-refractivity contribution in [1.82, 2.24) is 10.2 Å². The number of ether oxygens (including phenoxy) is 1. The molecule has 1 atom stereocenters. The highest BCUT2D eigenvalue weighted by atomic mass is 79.9. The van der Waals surface area contributed by atoms with Crippen LogP contribution in [-0.2, 0) is 4.74 Å². The van der Waals surface area contributed by atoms with Crippen molar-refractivity contribution in [3.8, 4) is 0 Å². The fourth-order valence-electron chi connectivity index (χ4n) is 2.92. The van der Waals surface area contributed by atoms with Crippen molar-refractivity contribution < 1.29 is 13.9 Å². The fourth-order valence-corrected chi connectivity index (χ4v) is 3.19. The summed E-state index contributed by atoms with van der Waals surface area (Å²) in [6.45, 7) is 3.36. The van der Waals surface area contributed by atoms with Gasteiger partial charge in [0.25, 0.3) is 5.91 Å². The van der Waals surface area contributed by atoms with E-state index in [9.17, 15) is 9.18 Å². The minimum absolute atomic E-state index is 0.0103. The molecule has 25 heavy (non-hydrogen) atoms. The van der Waals surface area contributed by atoms with Crippen LogP contribution in [0.3, 0.4) is 0 Å². The molecule has 1 amide bonds. The number of carbonyl (C=O) groups is 1. The smallest absolute Gasteiger partial charge is 0.251 e. The molecule has 0 aromatic heterocycles. The number of nitrogens with zero attached hydrogens (tertiary/aromatic N) is 1. The van der Waals surface area contributed by atoms with Crippen molar-refractivity contribution in [1.29, 1.82) is 0 Å². The van der Waals surface area contributed by atoms with Gasteiger partial charge >= 0.3 is 0 Å². The lowest BCUT2D eigenvalue weighted by atomic mass is 10.0. The molecular weight excluding hydrogens is 387 g/mol. The Morgan fingerprint density at radius 1 is 1.12 bits per heavy atom. The molecule has 4 nitrogen and oxygen atoms in total. The lowest BCUT2D eigenvalue weighted by molar-refractivity contribution is 0.0162. The van der Waals surface area contributed by atoms with Gasteiger partial charge < -0.3 is 10.1 Å². The maximum Gasteiger partial charge on any atom is 0.251 e. The van der Waals surface area contributed by atoms with Gasteiger partial charge in [0.1, 0.15) is 5.82 Å². The van der Waals surface area contributed by atoms with E-state index in [1.54, 1.807) is 24.3 Å². The van der Waals surface area contributed by atoms with Gasteiger partial charge in [0, 0.05) is 29.7 Å². The van der Waals surface area contributed by atoms with Crippen LogP contribution in [0.15, 0.2) is 53.0 Å².